The molecule has 4 aliphatic carbocycles. The van der Waals surface area contributed by atoms with Crippen LogP contribution in [-0.2, 0) is 4.79 Å². The van der Waals surface area contributed by atoms with E-state index in [4.69, 9.17) is 11.6 Å². The molecule has 0 saturated heterocycles. The van der Waals surface area contributed by atoms with Crippen LogP contribution in [-0.4, -0.2) is 31.9 Å². The third-order valence-electron chi connectivity index (χ3n) is 6.66. The Morgan fingerprint density at radius 1 is 1.18 bits per heavy atom. The minimum atomic E-state index is -0.220. The summed E-state index contributed by atoms with van der Waals surface area (Å²) in [6.45, 7) is 1.94. The molecule has 7 heteroatoms. The number of amides is 1. The number of nitrogens with zero attached hydrogens (tertiary/aromatic N) is 2. The fourth-order valence-electron chi connectivity index (χ4n) is 5.87. The van der Waals surface area contributed by atoms with Crippen molar-refractivity contribution >= 4 is 29.3 Å². The number of hydrogen-bond acceptors (Lipinski definition) is 4. The largest absolute Gasteiger partial charge is 0.350 e. The van der Waals surface area contributed by atoms with E-state index >= 15 is 0 Å². The Kier molecular flexibility index (Phi) is 4.67. The fourth-order valence-corrected chi connectivity index (χ4v) is 6.72. The summed E-state index contributed by atoms with van der Waals surface area (Å²) in [6.07, 6.45) is 7.65. The lowest BCUT2D eigenvalue weighted by Gasteiger charge is -2.57. The van der Waals surface area contributed by atoms with Crippen LogP contribution in [0.4, 0.5) is 0 Å². The van der Waals surface area contributed by atoms with E-state index in [1.165, 1.54) is 50.3 Å². The Bertz CT molecular complexity index is 846. The topological polar surface area (TPSA) is 70.7 Å². The molecule has 0 radical (unpaired) electrons. The average Bonchev–Trinajstić information content (AvgIpc) is 3.09. The van der Waals surface area contributed by atoms with Gasteiger partial charge >= 0.3 is 0 Å². The van der Waals surface area contributed by atoms with Gasteiger partial charge < -0.3 is 5.32 Å². The van der Waals surface area contributed by atoms with Crippen LogP contribution in [0.2, 0.25) is 5.02 Å². The SMILES string of the molecule is CC(Sc1n[nH]c(-c2ccc(Cl)cc2)n1)C(=O)NC12CC3CC(CC(C3)C1)C2. The van der Waals surface area contributed by atoms with Crippen LogP contribution in [0, 0.1) is 17.8 Å². The van der Waals surface area contributed by atoms with Gasteiger partial charge in [-0.15, -0.1) is 5.10 Å². The van der Waals surface area contributed by atoms with Crippen LogP contribution in [0.5, 0.6) is 0 Å². The zero-order chi connectivity index (χ0) is 19.3. The molecule has 28 heavy (non-hydrogen) atoms. The molecule has 4 aliphatic rings. The first-order chi connectivity index (χ1) is 13.5. The molecule has 6 rings (SSSR count). The second-order valence-electron chi connectivity index (χ2n) is 8.92. The van der Waals surface area contributed by atoms with E-state index in [2.05, 4.69) is 20.5 Å². The van der Waals surface area contributed by atoms with Gasteiger partial charge in [-0.2, -0.15) is 0 Å². The number of H-pyrrole nitrogens is 1. The van der Waals surface area contributed by atoms with Gasteiger partial charge in [0.1, 0.15) is 0 Å². The van der Waals surface area contributed by atoms with Gasteiger partial charge in [-0.3, -0.25) is 9.89 Å². The van der Waals surface area contributed by atoms with Crippen molar-refractivity contribution in [2.75, 3.05) is 0 Å². The fraction of sp³-hybridized carbons (Fsp3) is 0.571. The highest BCUT2D eigenvalue weighted by molar-refractivity contribution is 8.00. The van der Waals surface area contributed by atoms with E-state index in [1.807, 2.05) is 31.2 Å². The quantitative estimate of drug-likeness (QED) is 0.693. The number of carbonyl (C=O) groups excluding carboxylic acids is 1. The van der Waals surface area contributed by atoms with Gasteiger partial charge in [-0.25, -0.2) is 4.98 Å². The molecule has 1 amide bonds. The summed E-state index contributed by atoms with van der Waals surface area (Å²) in [4.78, 5) is 17.5. The van der Waals surface area contributed by atoms with E-state index < -0.39 is 0 Å². The van der Waals surface area contributed by atoms with Crippen LogP contribution >= 0.6 is 23.4 Å². The number of halogens is 1. The Morgan fingerprint density at radius 3 is 2.39 bits per heavy atom. The molecular formula is C21H25ClN4OS. The van der Waals surface area contributed by atoms with Crippen molar-refractivity contribution in [1.82, 2.24) is 20.5 Å². The molecule has 148 valence electrons. The van der Waals surface area contributed by atoms with Crippen molar-refractivity contribution < 1.29 is 4.79 Å². The van der Waals surface area contributed by atoms with Crippen molar-refractivity contribution in [2.24, 2.45) is 17.8 Å². The van der Waals surface area contributed by atoms with E-state index in [0.717, 1.165) is 23.3 Å². The number of rotatable bonds is 5. The highest BCUT2D eigenvalue weighted by Gasteiger charge is 2.51. The highest BCUT2D eigenvalue weighted by atomic mass is 35.5. The van der Waals surface area contributed by atoms with E-state index in [1.54, 1.807) is 0 Å². The monoisotopic (exact) mass is 416 g/mol. The summed E-state index contributed by atoms with van der Waals surface area (Å²) in [5.41, 5.74) is 0.975. The summed E-state index contributed by atoms with van der Waals surface area (Å²) in [5, 5.41) is 11.7. The number of hydrogen-bond donors (Lipinski definition) is 2. The summed E-state index contributed by atoms with van der Waals surface area (Å²) in [7, 11) is 0. The van der Waals surface area contributed by atoms with Gasteiger partial charge in [-0.1, -0.05) is 23.4 Å². The maximum Gasteiger partial charge on any atom is 0.233 e. The number of aromatic nitrogens is 3. The van der Waals surface area contributed by atoms with Gasteiger partial charge in [0, 0.05) is 16.1 Å². The number of thioether (sulfide) groups is 1. The second-order valence-corrected chi connectivity index (χ2v) is 10.7. The lowest BCUT2D eigenvalue weighted by atomic mass is 9.53. The van der Waals surface area contributed by atoms with E-state index in [-0.39, 0.29) is 16.7 Å². The van der Waals surface area contributed by atoms with Gasteiger partial charge in [0.15, 0.2) is 5.82 Å². The van der Waals surface area contributed by atoms with Gasteiger partial charge in [0.05, 0.1) is 5.25 Å². The maximum atomic E-state index is 12.9. The standard InChI is InChI=1S/C21H25ClN4OS/c1-12(28-20-23-18(25-26-20)16-2-4-17(22)5-3-16)19(27)24-21-9-13-6-14(10-21)8-15(7-13)11-21/h2-5,12-15H,6-11H2,1H3,(H,24,27)(H,23,25,26). The lowest BCUT2D eigenvalue weighted by Crippen LogP contribution is -2.60. The number of benzene rings is 1. The first-order valence-electron chi connectivity index (χ1n) is 10.1. The van der Waals surface area contributed by atoms with Crippen LogP contribution in [0.1, 0.15) is 45.4 Å². The van der Waals surface area contributed by atoms with Crippen LogP contribution < -0.4 is 5.32 Å². The van der Waals surface area contributed by atoms with Crippen molar-refractivity contribution in [3.05, 3.63) is 29.3 Å². The highest BCUT2D eigenvalue weighted by Crippen LogP contribution is 2.55. The predicted octanol–water partition coefficient (Wildman–Crippen LogP) is 4.69. The van der Waals surface area contributed by atoms with Gasteiger partial charge in [-0.05, 0) is 87.5 Å². The van der Waals surface area contributed by atoms with Crippen molar-refractivity contribution in [3.63, 3.8) is 0 Å². The Hall–Kier alpha value is -1.53. The molecule has 4 bridgehead atoms. The smallest absolute Gasteiger partial charge is 0.233 e. The second kappa shape index (κ2) is 7.06. The molecule has 0 aliphatic heterocycles. The van der Waals surface area contributed by atoms with Crippen molar-refractivity contribution in [1.29, 1.82) is 0 Å². The van der Waals surface area contributed by atoms with Crippen molar-refractivity contribution in [2.45, 2.75) is 61.4 Å². The first kappa shape index (κ1) is 18.5. The van der Waals surface area contributed by atoms with Crippen LogP contribution in [0.3, 0.4) is 0 Å². The summed E-state index contributed by atoms with van der Waals surface area (Å²) < 4.78 is 0. The summed E-state index contributed by atoms with van der Waals surface area (Å²) >= 11 is 7.35. The first-order valence-corrected chi connectivity index (χ1v) is 11.4. The average molecular weight is 417 g/mol. The molecule has 1 heterocycles. The number of carbonyl (C=O) groups is 1. The molecule has 1 unspecified atom stereocenters. The molecule has 2 aromatic rings. The lowest BCUT2D eigenvalue weighted by molar-refractivity contribution is -0.126. The minimum Gasteiger partial charge on any atom is -0.350 e. The molecule has 2 N–H and O–H groups in total. The number of aromatic amines is 1. The molecular weight excluding hydrogens is 392 g/mol. The minimum absolute atomic E-state index is 0.0497. The third-order valence-corrected chi connectivity index (χ3v) is 7.87. The zero-order valence-electron chi connectivity index (χ0n) is 16.0. The molecule has 0 spiro atoms. The molecule has 1 aromatic carbocycles. The van der Waals surface area contributed by atoms with Gasteiger partial charge in [0.25, 0.3) is 0 Å². The Labute approximate surface area is 174 Å². The van der Waals surface area contributed by atoms with Crippen LogP contribution in [0.15, 0.2) is 29.4 Å². The zero-order valence-corrected chi connectivity index (χ0v) is 17.5. The Morgan fingerprint density at radius 2 is 1.79 bits per heavy atom. The van der Waals surface area contributed by atoms with E-state index in [9.17, 15) is 4.79 Å². The normalized spacial score (nSPS) is 31.7. The molecule has 4 saturated carbocycles. The third kappa shape index (κ3) is 3.57. The summed E-state index contributed by atoms with van der Waals surface area (Å²) in [5.74, 6) is 3.27. The molecule has 1 atom stereocenters. The number of nitrogens with one attached hydrogen (secondary N) is 2. The Balaban J connectivity index is 1.23. The summed E-state index contributed by atoms with van der Waals surface area (Å²) in [6, 6.07) is 7.46. The molecule has 1 aromatic heterocycles. The molecule has 4 fully saturated rings. The van der Waals surface area contributed by atoms with E-state index in [0.29, 0.717) is 16.0 Å². The van der Waals surface area contributed by atoms with Crippen molar-refractivity contribution in [3.8, 4) is 11.4 Å². The predicted molar refractivity (Wildman–Crippen MR) is 111 cm³/mol. The molecule has 5 nitrogen and oxygen atoms in total. The maximum absolute atomic E-state index is 12.9. The van der Waals surface area contributed by atoms with Gasteiger partial charge in [0.2, 0.25) is 11.1 Å². The van der Waals surface area contributed by atoms with Crippen LogP contribution in [0.25, 0.3) is 11.4 Å².